The van der Waals surface area contributed by atoms with E-state index in [2.05, 4.69) is 43.0 Å². The summed E-state index contributed by atoms with van der Waals surface area (Å²) in [5.74, 6) is 0. The van der Waals surface area contributed by atoms with E-state index >= 15 is 0 Å². The van der Waals surface area contributed by atoms with Crippen LogP contribution in [0, 0.1) is 6.92 Å². The summed E-state index contributed by atoms with van der Waals surface area (Å²) in [6.45, 7) is 5.06. The van der Waals surface area contributed by atoms with Gasteiger partial charge in [-0.25, -0.2) is 0 Å². The minimum absolute atomic E-state index is 0.331. The number of hydrogen-bond donors (Lipinski definition) is 0. The molecule has 0 spiro atoms. The average Bonchev–Trinajstić information content (AvgIpc) is 2.52. The molecule has 0 heterocycles. The highest BCUT2D eigenvalue weighted by atomic mass is 35.6. The molecule has 1 nitrogen and oxygen atoms in total. The Labute approximate surface area is 154 Å². The van der Waals surface area contributed by atoms with E-state index in [-0.39, 0.29) is 6.04 Å². The third-order valence-corrected chi connectivity index (χ3v) is 4.48. The van der Waals surface area contributed by atoms with Gasteiger partial charge >= 0.3 is 0 Å². The Kier molecular flexibility index (Phi) is 6.64. The number of aryl methyl sites for hydroxylation is 1. The summed E-state index contributed by atoms with van der Waals surface area (Å²) in [4.78, 5) is 2.20. The lowest BCUT2D eigenvalue weighted by atomic mass is 10.0. The van der Waals surface area contributed by atoms with Crippen molar-refractivity contribution in [3.05, 3.63) is 65.7 Å². The molecule has 0 aliphatic rings. The van der Waals surface area contributed by atoms with Crippen molar-refractivity contribution in [3.63, 3.8) is 0 Å². The normalized spacial score (nSPS) is 12.9. The standard InChI is InChI=1S/C19H22Cl3N/c1-3-4-14-23(17-8-6-5-7-9-17)18(19(20,21)22)16-12-10-15(2)11-13-16/h5-13,18H,3-4,14H2,1-2H3. The number of para-hydroxylation sites is 1. The van der Waals surface area contributed by atoms with Crippen LogP contribution in [0.1, 0.15) is 36.9 Å². The first-order chi connectivity index (χ1) is 10.9. The van der Waals surface area contributed by atoms with E-state index in [9.17, 15) is 0 Å². The van der Waals surface area contributed by atoms with Crippen molar-refractivity contribution in [1.82, 2.24) is 0 Å². The molecule has 0 saturated carbocycles. The topological polar surface area (TPSA) is 3.24 Å². The summed E-state index contributed by atoms with van der Waals surface area (Å²) < 4.78 is -1.42. The molecule has 0 amide bonds. The number of rotatable bonds is 6. The smallest absolute Gasteiger partial charge is 0.214 e. The van der Waals surface area contributed by atoms with E-state index < -0.39 is 3.79 Å². The number of nitrogens with zero attached hydrogens (tertiary/aromatic N) is 1. The molecule has 0 aliphatic heterocycles. The van der Waals surface area contributed by atoms with Crippen molar-refractivity contribution in [2.75, 3.05) is 11.4 Å². The lowest BCUT2D eigenvalue weighted by Gasteiger charge is -2.38. The maximum atomic E-state index is 6.39. The maximum Gasteiger partial charge on any atom is 0.214 e. The highest BCUT2D eigenvalue weighted by Gasteiger charge is 2.38. The number of halogens is 3. The number of alkyl halides is 3. The Morgan fingerprint density at radius 3 is 2.09 bits per heavy atom. The van der Waals surface area contributed by atoms with Crippen LogP contribution in [0.2, 0.25) is 0 Å². The lowest BCUT2D eigenvalue weighted by Crippen LogP contribution is -2.37. The summed E-state index contributed by atoms with van der Waals surface area (Å²) in [7, 11) is 0. The summed E-state index contributed by atoms with van der Waals surface area (Å²) in [5.41, 5.74) is 3.27. The van der Waals surface area contributed by atoms with Crippen molar-refractivity contribution >= 4 is 40.5 Å². The van der Waals surface area contributed by atoms with Gasteiger partial charge in [-0.1, -0.05) is 96.2 Å². The zero-order valence-corrected chi connectivity index (χ0v) is 15.7. The van der Waals surface area contributed by atoms with Crippen molar-refractivity contribution in [2.24, 2.45) is 0 Å². The number of benzene rings is 2. The van der Waals surface area contributed by atoms with Gasteiger partial charge in [0.05, 0.1) is 0 Å². The highest BCUT2D eigenvalue weighted by molar-refractivity contribution is 6.68. The van der Waals surface area contributed by atoms with E-state index in [4.69, 9.17) is 34.8 Å². The van der Waals surface area contributed by atoms with Gasteiger partial charge in [-0.2, -0.15) is 0 Å². The van der Waals surface area contributed by atoms with Gasteiger partial charge in [0.1, 0.15) is 6.04 Å². The molecule has 2 aromatic carbocycles. The van der Waals surface area contributed by atoms with Gasteiger partial charge in [0.15, 0.2) is 0 Å². The summed E-state index contributed by atoms with van der Waals surface area (Å²) in [5, 5.41) is 0. The molecule has 1 unspecified atom stereocenters. The molecule has 0 aliphatic carbocycles. The second kappa shape index (κ2) is 8.28. The molecular weight excluding hydrogens is 349 g/mol. The van der Waals surface area contributed by atoms with Crippen LogP contribution in [-0.2, 0) is 0 Å². The van der Waals surface area contributed by atoms with E-state index in [0.29, 0.717) is 0 Å². The van der Waals surface area contributed by atoms with Crippen molar-refractivity contribution < 1.29 is 0 Å². The number of unbranched alkanes of at least 4 members (excludes halogenated alkanes) is 1. The van der Waals surface area contributed by atoms with E-state index in [0.717, 1.165) is 30.6 Å². The molecule has 0 saturated heterocycles. The third-order valence-electron chi connectivity index (χ3n) is 3.86. The molecule has 4 heteroatoms. The van der Waals surface area contributed by atoms with Gasteiger partial charge in [-0.3, -0.25) is 0 Å². The van der Waals surface area contributed by atoms with Crippen LogP contribution < -0.4 is 4.90 Å². The van der Waals surface area contributed by atoms with Gasteiger partial charge < -0.3 is 4.90 Å². The third kappa shape index (κ3) is 5.04. The minimum Gasteiger partial charge on any atom is -0.360 e. The summed E-state index contributed by atoms with van der Waals surface area (Å²) in [6.07, 6.45) is 2.13. The number of anilines is 1. The van der Waals surface area contributed by atoms with Crippen molar-refractivity contribution in [3.8, 4) is 0 Å². The Hall–Kier alpha value is -0.890. The van der Waals surface area contributed by atoms with Gasteiger partial charge in [0.25, 0.3) is 0 Å². The zero-order valence-electron chi connectivity index (χ0n) is 13.5. The van der Waals surface area contributed by atoms with Crippen LogP contribution in [0.5, 0.6) is 0 Å². The molecule has 0 N–H and O–H groups in total. The molecule has 1 atom stereocenters. The van der Waals surface area contributed by atoms with Gasteiger partial charge in [-0.05, 0) is 31.0 Å². The van der Waals surface area contributed by atoms with Crippen LogP contribution in [0.15, 0.2) is 54.6 Å². The van der Waals surface area contributed by atoms with E-state index in [1.165, 1.54) is 5.56 Å². The van der Waals surface area contributed by atoms with Crippen molar-refractivity contribution in [2.45, 2.75) is 36.5 Å². The fourth-order valence-corrected chi connectivity index (χ4v) is 3.38. The Morgan fingerprint density at radius 2 is 1.57 bits per heavy atom. The second-order valence-corrected chi connectivity index (χ2v) is 8.11. The van der Waals surface area contributed by atoms with Crippen LogP contribution in [0.25, 0.3) is 0 Å². The monoisotopic (exact) mass is 369 g/mol. The summed E-state index contributed by atoms with van der Waals surface area (Å²) in [6, 6.07) is 18.0. The molecule has 0 fully saturated rings. The Bertz CT molecular complexity index is 590. The van der Waals surface area contributed by atoms with Crippen molar-refractivity contribution in [1.29, 1.82) is 0 Å². The van der Waals surface area contributed by atoms with Crippen LogP contribution in [0.4, 0.5) is 5.69 Å². The molecule has 124 valence electrons. The zero-order chi connectivity index (χ0) is 16.9. The Balaban J connectivity index is 2.46. The molecule has 0 aromatic heterocycles. The van der Waals surface area contributed by atoms with Gasteiger partial charge in [0, 0.05) is 12.2 Å². The fourth-order valence-electron chi connectivity index (χ4n) is 2.65. The molecule has 2 rings (SSSR count). The van der Waals surface area contributed by atoms with Crippen LogP contribution in [0.3, 0.4) is 0 Å². The molecule has 0 radical (unpaired) electrons. The predicted molar refractivity (Wildman–Crippen MR) is 103 cm³/mol. The largest absolute Gasteiger partial charge is 0.360 e. The molecule has 2 aromatic rings. The van der Waals surface area contributed by atoms with E-state index in [1.807, 2.05) is 30.3 Å². The first-order valence-electron chi connectivity index (χ1n) is 7.88. The number of hydrogen-bond acceptors (Lipinski definition) is 1. The SMILES string of the molecule is CCCCN(c1ccccc1)C(c1ccc(C)cc1)C(Cl)(Cl)Cl. The van der Waals surface area contributed by atoms with Gasteiger partial charge in [-0.15, -0.1) is 0 Å². The highest BCUT2D eigenvalue weighted by Crippen LogP contribution is 2.45. The lowest BCUT2D eigenvalue weighted by molar-refractivity contribution is 0.606. The molecule has 23 heavy (non-hydrogen) atoms. The fraction of sp³-hybridized carbons (Fsp3) is 0.368. The molecule has 0 bridgehead atoms. The van der Waals surface area contributed by atoms with Gasteiger partial charge in [0.2, 0.25) is 3.79 Å². The van der Waals surface area contributed by atoms with Crippen LogP contribution >= 0.6 is 34.8 Å². The maximum absolute atomic E-state index is 6.39. The first-order valence-corrected chi connectivity index (χ1v) is 9.02. The van der Waals surface area contributed by atoms with E-state index in [1.54, 1.807) is 0 Å². The first kappa shape index (κ1) is 18.4. The predicted octanol–water partition coefficient (Wildman–Crippen LogP) is 6.71. The Morgan fingerprint density at radius 1 is 0.957 bits per heavy atom. The minimum atomic E-state index is -1.42. The molecular formula is C19H22Cl3N. The second-order valence-electron chi connectivity index (χ2n) is 5.74. The average molecular weight is 371 g/mol. The quantitative estimate of drug-likeness (QED) is 0.510. The van der Waals surface area contributed by atoms with Crippen LogP contribution in [-0.4, -0.2) is 10.3 Å². The summed E-state index contributed by atoms with van der Waals surface area (Å²) >= 11 is 19.2.